The predicted molar refractivity (Wildman–Crippen MR) is 132 cm³/mol. The molecule has 0 aliphatic carbocycles. The molecule has 1 aliphatic rings. The number of amides is 4. The Hall–Kier alpha value is -3.84. The lowest BCUT2D eigenvalue weighted by Gasteiger charge is -2.26. The Labute approximate surface area is 202 Å². The maximum Gasteiger partial charge on any atom is 0.335 e. The molecule has 8 heteroatoms. The molecule has 0 unspecified atom stereocenters. The van der Waals surface area contributed by atoms with E-state index in [1.165, 1.54) is 25.3 Å². The quantitative estimate of drug-likeness (QED) is 0.421. The average Bonchev–Trinajstić information content (AvgIpc) is 3.04. The van der Waals surface area contributed by atoms with Crippen LogP contribution < -0.4 is 15.0 Å². The van der Waals surface area contributed by atoms with Crippen molar-refractivity contribution < 1.29 is 19.1 Å². The topological polar surface area (TPSA) is 80.6 Å². The minimum absolute atomic E-state index is 0.145. The van der Waals surface area contributed by atoms with Crippen LogP contribution in [-0.4, -0.2) is 29.5 Å². The number of methoxy groups -OCH3 is 1. The molecule has 0 radical (unpaired) electrons. The first-order chi connectivity index (χ1) is 16.1. The van der Waals surface area contributed by atoms with Crippen molar-refractivity contribution in [1.82, 2.24) is 9.88 Å². The summed E-state index contributed by atoms with van der Waals surface area (Å²) in [4.78, 5) is 39.4. The summed E-state index contributed by atoms with van der Waals surface area (Å²) in [5, 5.41) is 2.48. The van der Waals surface area contributed by atoms with Gasteiger partial charge in [0.2, 0.25) is 0 Å². The Morgan fingerprint density at radius 1 is 0.971 bits per heavy atom. The Bertz CT molecular complexity index is 1370. The van der Waals surface area contributed by atoms with Gasteiger partial charge in [0.05, 0.1) is 23.5 Å². The number of carbonyl (C=O) groups excluding carboxylic acids is 3. The molecule has 7 nitrogen and oxygen atoms in total. The number of aryl methyl sites for hydroxylation is 3. The molecule has 1 aromatic heterocycles. The second-order valence-corrected chi connectivity index (χ2v) is 8.59. The Kier molecular flexibility index (Phi) is 6.06. The van der Waals surface area contributed by atoms with Gasteiger partial charge in [0.15, 0.2) is 0 Å². The van der Waals surface area contributed by atoms with Crippen molar-refractivity contribution in [3.63, 3.8) is 0 Å². The number of para-hydroxylation sites is 1. The van der Waals surface area contributed by atoms with Gasteiger partial charge in [0, 0.05) is 11.4 Å². The van der Waals surface area contributed by atoms with Gasteiger partial charge in [-0.1, -0.05) is 29.8 Å². The van der Waals surface area contributed by atoms with Gasteiger partial charge in [-0.15, -0.1) is 0 Å². The van der Waals surface area contributed by atoms with E-state index in [9.17, 15) is 14.4 Å². The molecule has 174 valence electrons. The van der Waals surface area contributed by atoms with E-state index in [0.717, 1.165) is 33.1 Å². The van der Waals surface area contributed by atoms with Crippen LogP contribution in [0.4, 0.5) is 10.5 Å². The highest BCUT2D eigenvalue weighted by atomic mass is 35.5. The molecule has 4 rings (SSSR count). The number of halogens is 1. The van der Waals surface area contributed by atoms with E-state index < -0.39 is 17.8 Å². The van der Waals surface area contributed by atoms with Crippen molar-refractivity contribution in [2.75, 3.05) is 12.0 Å². The van der Waals surface area contributed by atoms with Crippen molar-refractivity contribution in [3.8, 4) is 11.4 Å². The average molecular weight is 478 g/mol. The molecule has 0 spiro atoms. The van der Waals surface area contributed by atoms with Crippen molar-refractivity contribution in [1.29, 1.82) is 0 Å². The maximum absolute atomic E-state index is 13.3. The number of barbiturate groups is 1. The van der Waals surface area contributed by atoms with Gasteiger partial charge in [0.1, 0.15) is 11.3 Å². The summed E-state index contributed by atoms with van der Waals surface area (Å²) in [5.74, 6) is -1.07. The molecule has 3 aromatic rings. The fourth-order valence-corrected chi connectivity index (χ4v) is 4.53. The van der Waals surface area contributed by atoms with Crippen molar-refractivity contribution >= 4 is 41.2 Å². The number of carbonyl (C=O) groups is 3. The number of aromatic nitrogens is 1. The first-order valence-electron chi connectivity index (χ1n) is 10.6. The van der Waals surface area contributed by atoms with Crippen LogP contribution in [0.2, 0.25) is 5.02 Å². The van der Waals surface area contributed by atoms with Crippen molar-refractivity contribution in [2.45, 2.75) is 27.7 Å². The molecule has 0 atom stereocenters. The second-order valence-electron chi connectivity index (χ2n) is 8.18. The minimum atomic E-state index is -0.839. The number of benzene rings is 2. The Morgan fingerprint density at radius 2 is 1.65 bits per heavy atom. The normalized spacial score (nSPS) is 15.2. The molecule has 0 bridgehead atoms. The molecule has 4 amide bonds. The Morgan fingerprint density at radius 3 is 2.26 bits per heavy atom. The first kappa shape index (κ1) is 23.3. The summed E-state index contributed by atoms with van der Waals surface area (Å²) in [6.07, 6.45) is 1.52. The number of nitrogens with zero attached hydrogens (tertiary/aromatic N) is 2. The third-order valence-corrected chi connectivity index (χ3v) is 6.22. The summed E-state index contributed by atoms with van der Waals surface area (Å²) in [6.45, 7) is 7.99. The monoisotopic (exact) mass is 477 g/mol. The zero-order valence-electron chi connectivity index (χ0n) is 19.5. The minimum Gasteiger partial charge on any atom is -0.495 e. The van der Waals surface area contributed by atoms with Crippen molar-refractivity contribution in [2.24, 2.45) is 0 Å². The highest BCUT2D eigenvalue weighted by molar-refractivity contribution is 6.39. The van der Waals surface area contributed by atoms with Crippen LogP contribution >= 0.6 is 11.6 Å². The number of nitrogens with one attached hydrogen (secondary N) is 1. The highest BCUT2D eigenvalue weighted by Gasteiger charge is 2.37. The van der Waals surface area contributed by atoms with Gasteiger partial charge in [-0.3, -0.25) is 14.9 Å². The first-order valence-corrected chi connectivity index (χ1v) is 11.0. The Balaban J connectivity index is 1.79. The summed E-state index contributed by atoms with van der Waals surface area (Å²) in [5.41, 5.74) is 5.91. The second kappa shape index (κ2) is 8.83. The summed E-state index contributed by atoms with van der Waals surface area (Å²) in [6, 6.07) is 11.7. The van der Waals surface area contributed by atoms with Crippen molar-refractivity contribution in [3.05, 3.63) is 81.1 Å². The summed E-state index contributed by atoms with van der Waals surface area (Å²) in [7, 11) is 1.47. The van der Waals surface area contributed by atoms with Crippen LogP contribution in [0.5, 0.6) is 5.75 Å². The largest absolute Gasteiger partial charge is 0.495 e. The number of urea groups is 1. The van der Waals surface area contributed by atoms with Gasteiger partial charge >= 0.3 is 6.03 Å². The third kappa shape index (κ3) is 3.88. The van der Waals surface area contributed by atoms with Crippen LogP contribution in [-0.2, 0) is 9.59 Å². The summed E-state index contributed by atoms with van der Waals surface area (Å²) >= 11 is 6.18. The number of ether oxygens (including phenoxy) is 1. The SMILES string of the molecule is COc1ccc(N2C(=O)NC(=O)/C(=C/c3cc(C)n(-c4c(C)cccc4C)c3C)C2=O)cc1Cl. The van der Waals surface area contributed by atoms with E-state index in [2.05, 4.69) is 9.88 Å². The number of hydrogen-bond donors (Lipinski definition) is 1. The van der Waals surface area contributed by atoms with E-state index in [1.807, 2.05) is 52.0 Å². The third-order valence-electron chi connectivity index (χ3n) is 5.93. The van der Waals surface area contributed by atoms with Crippen LogP contribution in [0.25, 0.3) is 11.8 Å². The zero-order valence-corrected chi connectivity index (χ0v) is 20.3. The van der Waals surface area contributed by atoms with Crippen LogP contribution in [0.1, 0.15) is 28.1 Å². The fourth-order valence-electron chi connectivity index (χ4n) is 4.28. The molecule has 2 heterocycles. The van der Waals surface area contributed by atoms with E-state index in [4.69, 9.17) is 16.3 Å². The zero-order chi connectivity index (χ0) is 24.7. The van der Waals surface area contributed by atoms with Crippen LogP contribution in [0.3, 0.4) is 0 Å². The van der Waals surface area contributed by atoms with Gasteiger partial charge in [-0.25, -0.2) is 9.69 Å². The molecule has 1 N–H and O–H groups in total. The van der Waals surface area contributed by atoms with Gasteiger partial charge < -0.3 is 9.30 Å². The molecule has 34 heavy (non-hydrogen) atoms. The molecular formula is C26H24ClN3O4. The lowest BCUT2D eigenvalue weighted by atomic mass is 10.1. The lowest BCUT2D eigenvalue weighted by molar-refractivity contribution is -0.122. The number of imide groups is 2. The van der Waals surface area contributed by atoms with Gasteiger partial charge in [-0.2, -0.15) is 0 Å². The lowest BCUT2D eigenvalue weighted by Crippen LogP contribution is -2.54. The molecule has 2 aromatic carbocycles. The maximum atomic E-state index is 13.3. The molecule has 1 fully saturated rings. The van der Waals surface area contributed by atoms with Gasteiger partial charge in [-0.05, 0) is 74.7 Å². The van der Waals surface area contributed by atoms with Crippen LogP contribution in [0.15, 0.2) is 48.0 Å². The molecular weight excluding hydrogens is 454 g/mol. The molecule has 0 saturated carbocycles. The van der Waals surface area contributed by atoms with E-state index in [1.54, 1.807) is 6.07 Å². The summed E-state index contributed by atoms with van der Waals surface area (Å²) < 4.78 is 7.24. The fraction of sp³-hybridized carbons (Fsp3) is 0.192. The molecule has 1 saturated heterocycles. The standard InChI is InChI=1S/C26H24ClN3O4/c1-14-7-6-8-15(2)23(14)29-16(3)11-18(17(29)4)12-20-24(31)28-26(33)30(25(20)32)19-9-10-22(34-5)21(27)13-19/h6-13H,1-5H3,(H,28,31,33)/b20-12-. The highest BCUT2D eigenvalue weighted by Crippen LogP contribution is 2.32. The predicted octanol–water partition coefficient (Wildman–Crippen LogP) is 5.04. The van der Waals surface area contributed by atoms with Crippen LogP contribution in [0, 0.1) is 27.7 Å². The van der Waals surface area contributed by atoms with E-state index >= 15 is 0 Å². The van der Waals surface area contributed by atoms with Gasteiger partial charge in [0.25, 0.3) is 11.8 Å². The number of rotatable bonds is 4. The van der Waals surface area contributed by atoms with E-state index in [0.29, 0.717) is 11.3 Å². The number of anilines is 1. The number of hydrogen-bond acceptors (Lipinski definition) is 4. The molecule has 1 aliphatic heterocycles. The van der Waals surface area contributed by atoms with E-state index in [-0.39, 0.29) is 16.3 Å². The smallest absolute Gasteiger partial charge is 0.335 e.